The Hall–Kier alpha value is -3.89. The van der Waals surface area contributed by atoms with Crippen LogP contribution in [-0.4, -0.2) is 47.0 Å². The van der Waals surface area contributed by atoms with Crippen LogP contribution in [0.4, 0.5) is 15.8 Å². The molecular formula is C29H29FN6O2S. The van der Waals surface area contributed by atoms with Crippen LogP contribution in [0.5, 0.6) is 0 Å². The third kappa shape index (κ3) is 4.15. The van der Waals surface area contributed by atoms with Gasteiger partial charge in [0.15, 0.2) is 0 Å². The van der Waals surface area contributed by atoms with Gasteiger partial charge in [-0.25, -0.2) is 12.8 Å². The van der Waals surface area contributed by atoms with Crippen molar-refractivity contribution in [1.29, 1.82) is 5.41 Å². The molecule has 4 aromatic rings. The van der Waals surface area contributed by atoms with Gasteiger partial charge < -0.3 is 10.7 Å². The molecule has 2 heterocycles. The molecule has 200 valence electrons. The third-order valence-electron chi connectivity index (χ3n) is 8.14. The highest BCUT2D eigenvalue weighted by Crippen LogP contribution is 2.70. The molecule has 39 heavy (non-hydrogen) atoms. The standard InChI is InChI=1S/C29H29FN6O2S/c1-18-4-6-20(7-5-18)28-25-16-36(39(37,38)27-15-32-35(3)34-27)17-29(25,28)24-13-21(14-31)26(12-19(24)2)33-23-10-8-22(30)9-11-23/h4-15,25,28,31,33H,16-17H2,1-3H3/t25-,28+,29+/m1/s1. The Balaban J connectivity index is 1.41. The largest absolute Gasteiger partial charge is 0.355 e. The molecule has 3 aromatic carbocycles. The highest BCUT2D eigenvalue weighted by molar-refractivity contribution is 7.89. The van der Waals surface area contributed by atoms with Gasteiger partial charge in [0.05, 0.1) is 6.20 Å². The van der Waals surface area contributed by atoms with E-state index >= 15 is 0 Å². The summed E-state index contributed by atoms with van der Waals surface area (Å²) in [5.74, 6) is -0.0814. The molecule has 1 aromatic heterocycles. The van der Waals surface area contributed by atoms with Gasteiger partial charge in [-0.05, 0) is 72.9 Å². The quantitative estimate of drug-likeness (QED) is 0.329. The van der Waals surface area contributed by atoms with E-state index < -0.39 is 15.4 Å². The highest BCUT2D eigenvalue weighted by Gasteiger charge is 2.71. The summed E-state index contributed by atoms with van der Waals surface area (Å²) in [7, 11) is -2.21. The Morgan fingerprint density at radius 3 is 2.46 bits per heavy atom. The summed E-state index contributed by atoms with van der Waals surface area (Å²) < 4.78 is 41.9. The number of hydrogen-bond acceptors (Lipinski definition) is 6. The second-order valence-electron chi connectivity index (χ2n) is 10.5. The van der Waals surface area contributed by atoms with Gasteiger partial charge in [-0.2, -0.15) is 14.2 Å². The van der Waals surface area contributed by atoms with E-state index in [1.165, 1.54) is 44.8 Å². The fraction of sp³-hybridized carbons (Fsp3) is 0.276. The van der Waals surface area contributed by atoms with E-state index in [0.717, 1.165) is 16.8 Å². The number of piperidine rings is 1. The molecule has 1 saturated carbocycles. The lowest BCUT2D eigenvalue weighted by atomic mass is 9.86. The first-order valence-electron chi connectivity index (χ1n) is 12.7. The van der Waals surface area contributed by atoms with Crippen LogP contribution in [0.1, 0.15) is 33.7 Å². The second-order valence-corrected chi connectivity index (χ2v) is 12.4. The number of halogens is 1. The first-order chi connectivity index (χ1) is 18.6. The third-order valence-corrected chi connectivity index (χ3v) is 9.82. The second kappa shape index (κ2) is 9.10. The lowest BCUT2D eigenvalue weighted by molar-refractivity contribution is 0.418. The van der Waals surface area contributed by atoms with Crippen LogP contribution in [0.3, 0.4) is 0 Å². The predicted molar refractivity (Wildman–Crippen MR) is 148 cm³/mol. The Morgan fingerprint density at radius 2 is 1.82 bits per heavy atom. The average Bonchev–Trinajstić information content (AvgIpc) is 3.20. The fourth-order valence-electron chi connectivity index (χ4n) is 6.24. The van der Waals surface area contributed by atoms with Crippen molar-refractivity contribution in [1.82, 2.24) is 19.3 Å². The van der Waals surface area contributed by atoms with Crippen molar-refractivity contribution in [2.24, 2.45) is 13.0 Å². The van der Waals surface area contributed by atoms with Crippen LogP contribution in [0, 0.1) is 31.0 Å². The molecule has 1 aliphatic carbocycles. The van der Waals surface area contributed by atoms with Crippen molar-refractivity contribution in [2.75, 3.05) is 18.4 Å². The molecule has 10 heteroatoms. The molecule has 1 aliphatic heterocycles. The maximum atomic E-state index is 13.5. The van der Waals surface area contributed by atoms with Crippen LogP contribution in [0.15, 0.2) is 71.9 Å². The van der Waals surface area contributed by atoms with Crippen molar-refractivity contribution in [3.63, 3.8) is 0 Å². The number of benzene rings is 3. The molecule has 3 atom stereocenters. The zero-order valence-electron chi connectivity index (χ0n) is 21.9. The van der Waals surface area contributed by atoms with Crippen LogP contribution in [0.25, 0.3) is 0 Å². The summed E-state index contributed by atoms with van der Waals surface area (Å²) in [5, 5.41) is 19.4. The smallest absolute Gasteiger partial charge is 0.264 e. The first kappa shape index (κ1) is 25.4. The number of rotatable bonds is 7. The van der Waals surface area contributed by atoms with E-state index in [0.29, 0.717) is 24.3 Å². The molecule has 2 aliphatic rings. The van der Waals surface area contributed by atoms with Crippen LogP contribution >= 0.6 is 0 Å². The molecule has 2 fully saturated rings. The van der Waals surface area contributed by atoms with E-state index in [1.807, 2.05) is 19.1 Å². The SMILES string of the molecule is Cc1ccc([C@H]2[C@H]3CN(S(=O)(=O)c4cnn(C)n4)C[C@]32c2cc(C=N)c(Nc3ccc(F)cc3)cc2C)cc1. The molecule has 2 N–H and O–H groups in total. The van der Waals surface area contributed by atoms with E-state index in [1.54, 1.807) is 19.2 Å². The molecule has 0 amide bonds. The van der Waals surface area contributed by atoms with Crippen molar-refractivity contribution in [3.8, 4) is 0 Å². The summed E-state index contributed by atoms with van der Waals surface area (Å²) in [6.07, 6.45) is 2.59. The molecule has 0 unspecified atom stereocenters. The first-order valence-corrected chi connectivity index (χ1v) is 14.2. The Bertz CT molecular complexity index is 1680. The molecule has 0 spiro atoms. The molecule has 0 bridgehead atoms. The number of nitrogens with one attached hydrogen (secondary N) is 2. The van der Waals surface area contributed by atoms with Gasteiger partial charge in [-0.15, -0.1) is 5.10 Å². The minimum atomic E-state index is -3.81. The monoisotopic (exact) mass is 544 g/mol. The average molecular weight is 545 g/mol. The van der Waals surface area contributed by atoms with Crippen LogP contribution in [0.2, 0.25) is 0 Å². The van der Waals surface area contributed by atoms with Gasteiger partial charge in [-0.1, -0.05) is 29.8 Å². The van der Waals surface area contributed by atoms with Gasteiger partial charge >= 0.3 is 0 Å². The molecular weight excluding hydrogens is 515 g/mol. The van der Waals surface area contributed by atoms with Crippen molar-refractivity contribution >= 4 is 27.6 Å². The predicted octanol–water partition coefficient (Wildman–Crippen LogP) is 4.67. The van der Waals surface area contributed by atoms with Crippen molar-refractivity contribution in [2.45, 2.75) is 30.2 Å². The maximum Gasteiger partial charge on any atom is 0.264 e. The summed E-state index contributed by atoms with van der Waals surface area (Å²) in [4.78, 5) is 1.25. The minimum Gasteiger partial charge on any atom is -0.355 e. The lowest BCUT2D eigenvalue weighted by Gasteiger charge is -2.25. The molecule has 1 saturated heterocycles. The van der Waals surface area contributed by atoms with Gasteiger partial charge in [-0.3, -0.25) is 0 Å². The number of fused-ring (bicyclic) bond motifs is 1. The normalized spacial score (nSPS) is 22.5. The van der Waals surface area contributed by atoms with Crippen molar-refractivity contribution < 1.29 is 12.8 Å². The molecule has 8 nitrogen and oxygen atoms in total. The van der Waals surface area contributed by atoms with Crippen LogP contribution < -0.4 is 5.32 Å². The van der Waals surface area contributed by atoms with E-state index in [4.69, 9.17) is 5.41 Å². The summed E-state index contributed by atoms with van der Waals surface area (Å²) in [5.41, 5.74) is 6.10. The van der Waals surface area contributed by atoms with Gasteiger partial charge in [0.2, 0.25) is 5.03 Å². The fourth-order valence-corrected chi connectivity index (χ4v) is 7.64. The maximum absolute atomic E-state index is 13.5. The Kier molecular flexibility index (Phi) is 5.92. The summed E-state index contributed by atoms with van der Waals surface area (Å²) in [6.45, 7) is 4.77. The summed E-state index contributed by atoms with van der Waals surface area (Å²) >= 11 is 0. The number of aromatic nitrogens is 3. The minimum absolute atomic E-state index is 0.0518. The molecule has 6 rings (SSSR count). The number of anilines is 2. The Morgan fingerprint density at radius 1 is 1.10 bits per heavy atom. The van der Waals surface area contributed by atoms with E-state index in [2.05, 4.69) is 46.7 Å². The lowest BCUT2D eigenvalue weighted by Crippen LogP contribution is -2.35. The van der Waals surface area contributed by atoms with Crippen molar-refractivity contribution in [3.05, 3.63) is 100 Å². The van der Waals surface area contributed by atoms with Gasteiger partial charge in [0, 0.05) is 54.6 Å². The zero-order valence-corrected chi connectivity index (χ0v) is 22.7. The number of sulfonamides is 1. The highest BCUT2D eigenvalue weighted by atomic mass is 32.2. The summed E-state index contributed by atoms with van der Waals surface area (Å²) in [6, 6.07) is 18.5. The van der Waals surface area contributed by atoms with Gasteiger partial charge in [0.1, 0.15) is 5.82 Å². The van der Waals surface area contributed by atoms with Gasteiger partial charge in [0.25, 0.3) is 10.0 Å². The Labute approximate surface area is 227 Å². The number of hydrogen-bond donors (Lipinski definition) is 2. The number of nitrogens with zero attached hydrogens (tertiary/aromatic N) is 4. The molecule has 0 radical (unpaired) electrons. The topological polar surface area (TPSA) is 104 Å². The van der Waals surface area contributed by atoms with Crippen LogP contribution in [-0.2, 0) is 22.5 Å². The zero-order chi connectivity index (χ0) is 27.5. The number of aryl methyl sites for hydroxylation is 3. The van der Waals surface area contributed by atoms with E-state index in [9.17, 15) is 12.8 Å². The van der Waals surface area contributed by atoms with E-state index in [-0.39, 0.29) is 22.7 Å².